The molecule has 3 rings (SSSR count). The van der Waals surface area contributed by atoms with Crippen molar-refractivity contribution in [1.82, 2.24) is 0 Å². The molecule has 0 saturated heterocycles. The zero-order valence-electron chi connectivity index (χ0n) is 16.1. The molecule has 0 atom stereocenters. The lowest BCUT2D eigenvalue weighted by Crippen LogP contribution is -2.21. The highest BCUT2D eigenvalue weighted by Gasteiger charge is 2.06. The number of carbonyl (C=O) groups is 2. The number of halogens is 2. The maximum absolute atomic E-state index is 12.1. The second-order valence-corrected chi connectivity index (χ2v) is 7.54. The van der Waals surface area contributed by atoms with E-state index in [0.29, 0.717) is 39.9 Å². The van der Waals surface area contributed by atoms with Gasteiger partial charge >= 0.3 is 0 Å². The maximum Gasteiger partial charge on any atom is 0.243 e. The normalized spacial score (nSPS) is 10.3. The lowest BCUT2D eigenvalue weighted by Gasteiger charge is -2.10. The summed E-state index contributed by atoms with van der Waals surface area (Å²) < 4.78 is 0. The van der Waals surface area contributed by atoms with Crippen molar-refractivity contribution in [2.45, 2.75) is 12.8 Å². The number of hydrogen-bond donors (Lipinski definition) is 3. The largest absolute Gasteiger partial charge is 0.376 e. The minimum atomic E-state index is -0.217. The highest BCUT2D eigenvalue weighted by molar-refractivity contribution is 6.35. The predicted octanol–water partition coefficient (Wildman–Crippen LogP) is 5.62. The molecule has 3 aromatic rings. The first kappa shape index (κ1) is 21.7. The van der Waals surface area contributed by atoms with E-state index < -0.39 is 0 Å². The van der Waals surface area contributed by atoms with Crippen LogP contribution < -0.4 is 16.0 Å². The van der Waals surface area contributed by atoms with E-state index in [2.05, 4.69) is 16.0 Å². The van der Waals surface area contributed by atoms with E-state index in [0.717, 1.165) is 5.56 Å². The molecule has 2 amide bonds. The van der Waals surface area contributed by atoms with Crippen molar-refractivity contribution in [3.63, 3.8) is 0 Å². The van der Waals surface area contributed by atoms with Crippen LogP contribution in [0, 0.1) is 0 Å². The summed E-state index contributed by atoms with van der Waals surface area (Å²) in [5.41, 5.74) is 3.10. The van der Waals surface area contributed by atoms with Crippen molar-refractivity contribution >= 4 is 52.1 Å². The molecule has 0 unspecified atom stereocenters. The van der Waals surface area contributed by atoms with Crippen molar-refractivity contribution < 1.29 is 9.59 Å². The zero-order valence-corrected chi connectivity index (χ0v) is 17.6. The second-order valence-electron chi connectivity index (χ2n) is 6.67. The second kappa shape index (κ2) is 10.7. The SMILES string of the molecule is O=C(CCc1ccccc1)Nc1ccc(NC(=O)CNc2cc(Cl)cc(Cl)c2)cc1. The van der Waals surface area contributed by atoms with Crippen LogP contribution >= 0.6 is 23.2 Å². The Morgan fingerprint density at radius 3 is 1.87 bits per heavy atom. The van der Waals surface area contributed by atoms with E-state index in [9.17, 15) is 9.59 Å². The fourth-order valence-electron chi connectivity index (χ4n) is 2.81. The number of hydrogen-bond acceptors (Lipinski definition) is 3. The Morgan fingerprint density at radius 2 is 1.27 bits per heavy atom. The maximum atomic E-state index is 12.1. The zero-order chi connectivity index (χ0) is 21.3. The van der Waals surface area contributed by atoms with Crippen molar-refractivity contribution in [2.75, 3.05) is 22.5 Å². The molecule has 0 bridgehead atoms. The number of aryl methyl sites for hydroxylation is 1. The number of amides is 2. The summed E-state index contributed by atoms with van der Waals surface area (Å²) in [6, 6.07) is 21.8. The molecular formula is C23H21Cl2N3O2. The van der Waals surface area contributed by atoms with E-state index in [-0.39, 0.29) is 18.4 Å². The lowest BCUT2D eigenvalue weighted by molar-refractivity contribution is -0.116. The van der Waals surface area contributed by atoms with Crippen LogP contribution in [0.4, 0.5) is 17.1 Å². The van der Waals surface area contributed by atoms with Gasteiger partial charge in [0.15, 0.2) is 0 Å². The average Bonchev–Trinajstić information content (AvgIpc) is 2.72. The Hall–Kier alpha value is -3.02. The van der Waals surface area contributed by atoms with Crippen LogP contribution in [-0.4, -0.2) is 18.4 Å². The Kier molecular flexibility index (Phi) is 7.71. The standard InChI is InChI=1S/C23H21Cl2N3O2/c24-17-12-18(25)14-21(13-17)26-15-23(30)28-20-9-7-19(8-10-20)27-22(29)11-6-16-4-2-1-3-5-16/h1-5,7-10,12-14,26H,6,11,15H2,(H,27,29)(H,28,30). The molecule has 5 nitrogen and oxygen atoms in total. The summed E-state index contributed by atoms with van der Waals surface area (Å²) >= 11 is 11.9. The van der Waals surface area contributed by atoms with Gasteiger partial charge in [0.1, 0.15) is 0 Å². The summed E-state index contributed by atoms with van der Waals surface area (Å²) in [4.78, 5) is 24.2. The Morgan fingerprint density at radius 1 is 0.700 bits per heavy atom. The fraction of sp³-hybridized carbons (Fsp3) is 0.130. The molecule has 30 heavy (non-hydrogen) atoms. The van der Waals surface area contributed by atoms with E-state index in [4.69, 9.17) is 23.2 Å². The van der Waals surface area contributed by atoms with E-state index in [1.54, 1.807) is 42.5 Å². The van der Waals surface area contributed by atoms with Gasteiger partial charge in [0.25, 0.3) is 0 Å². The van der Waals surface area contributed by atoms with Gasteiger partial charge in [-0.2, -0.15) is 0 Å². The third-order valence-electron chi connectivity index (χ3n) is 4.25. The van der Waals surface area contributed by atoms with E-state index >= 15 is 0 Å². The molecule has 0 aliphatic carbocycles. The summed E-state index contributed by atoms with van der Waals surface area (Å²) in [7, 11) is 0. The fourth-order valence-corrected chi connectivity index (χ4v) is 3.33. The van der Waals surface area contributed by atoms with Crippen LogP contribution in [0.25, 0.3) is 0 Å². The molecule has 0 heterocycles. The summed E-state index contributed by atoms with van der Waals surface area (Å²) in [5.74, 6) is -0.272. The highest BCUT2D eigenvalue weighted by atomic mass is 35.5. The van der Waals surface area contributed by atoms with E-state index in [1.807, 2.05) is 30.3 Å². The van der Waals surface area contributed by atoms with Crippen LogP contribution in [0.2, 0.25) is 10.0 Å². The third kappa shape index (κ3) is 7.10. The lowest BCUT2D eigenvalue weighted by atomic mass is 10.1. The third-order valence-corrected chi connectivity index (χ3v) is 4.69. The number of benzene rings is 3. The van der Waals surface area contributed by atoms with Crippen molar-refractivity contribution in [3.05, 3.63) is 88.4 Å². The molecule has 0 saturated carbocycles. The monoisotopic (exact) mass is 441 g/mol. The molecule has 0 spiro atoms. The van der Waals surface area contributed by atoms with Crippen molar-refractivity contribution in [2.24, 2.45) is 0 Å². The predicted molar refractivity (Wildman–Crippen MR) is 123 cm³/mol. The number of rotatable bonds is 8. The number of anilines is 3. The number of nitrogens with one attached hydrogen (secondary N) is 3. The first-order valence-electron chi connectivity index (χ1n) is 9.41. The average molecular weight is 442 g/mol. The van der Waals surface area contributed by atoms with Gasteiger partial charge < -0.3 is 16.0 Å². The van der Waals surface area contributed by atoms with Gasteiger partial charge in [0.2, 0.25) is 11.8 Å². The molecule has 3 aromatic carbocycles. The molecule has 3 N–H and O–H groups in total. The van der Waals surface area contributed by atoms with Gasteiger partial charge in [0.05, 0.1) is 6.54 Å². The Balaban J connectivity index is 1.44. The minimum absolute atomic E-state index is 0.0555. The summed E-state index contributed by atoms with van der Waals surface area (Å²) in [5, 5.41) is 9.61. The molecular weight excluding hydrogens is 421 g/mol. The summed E-state index contributed by atoms with van der Waals surface area (Å²) in [6.45, 7) is 0.0641. The van der Waals surface area contributed by atoms with Crippen molar-refractivity contribution in [3.8, 4) is 0 Å². The molecule has 0 aliphatic rings. The van der Waals surface area contributed by atoms with Gasteiger partial charge in [-0.05, 0) is 54.4 Å². The summed E-state index contributed by atoms with van der Waals surface area (Å²) in [6.07, 6.45) is 1.09. The van der Waals surface area contributed by atoms with Gasteiger partial charge in [-0.15, -0.1) is 0 Å². The van der Waals surface area contributed by atoms with Crippen LogP contribution in [0.3, 0.4) is 0 Å². The highest BCUT2D eigenvalue weighted by Crippen LogP contribution is 2.22. The molecule has 0 radical (unpaired) electrons. The van der Waals surface area contributed by atoms with Crippen molar-refractivity contribution in [1.29, 1.82) is 0 Å². The van der Waals surface area contributed by atoms with E-state index in [1.165, 1.54) is 0 Å². The first-order chi connectivity index (χ1) is 14.5. The molecule has 0 fully saturated rings. The van der Waals surface area contributed by atoms with Gasteiger partial charge in [-0.1, -0.05) is 53.5 Å². The number of carbonyl (C=O) groups excluding carboxylic acids is 2. The molecule has 154 valence electrons. The molecule has 7 heteroatoms. The van der Waals surface area contributed by atoms with Crippen LogP contribution in [-0.2, 0) is 16.0 Å². The van der Waals surface area contributed by atoms with Crippen LogP contribution in [0.1, 0.15) is 12.0 Å². The van der Waals surface area contributed by atoms with Gasteiger partial charge in [0, 0.05) is 33.5 Å². The van der Waals surface area contributed by atoms with Gasteiger partial charge in [-0.25, -0.2) is 0 Å². The Bertz CT molecular complexity index is 988. The quantitative estimate of drug-likeness (QED) is 0.424. The van der Waals surface area contributed by atoms with Crippen LogP contribution in [0.5, 0.6) is 0 Å². The smallest absolute Gasteiger partial charge is 0.243 e. The van der Waals surface area contributed by atoms with Gasteiger partial charge in [-0.3, -0.25) is 9.59 Å². The topological polar surface area (TPSA) is 70.2 Å². The Labute approximate surface area is 185 Å². The minimum Gasteiger partial charge on any atom is -0.376 e. The first-order valence-corrected chi connectivity index (χ1v) is 10.2. The van der Waals surface area contributed by atoms with Crippen LogP contribution in [0.15, 0.2) is 72.8 Å². The molecule has 0 aliphatic heterocycles. The molecule has 0 aromatic heterocycles.